The van der Waals surface area contributed by atoms with Crippen LogP contribution < -0.4 is 10.4 Å². The molecule has 0 aliphatic carbocycles. The van der Waals surface area contributed by atoms with Gasteiger partial charge in [-0.05, 0) is 31.5 Å². The smallest absolute Gasteiger partial charge is 0.345 e. The number of methoxy groups -OCH3 is 1. The van der Waals surface area contributed by atoms with Gasteiger partial charge in [0, 0.05) is 11.8 Å². The van der Waals surface area contributed by atoms with Crippen molar-refractivity contribution in [3.05, 3.63) is 46.0 Å². The third-order valence-electron chi connectivity index (χ3n) is 2.63. The summed E-state index contributed by atoms with van der Waals surface area (Å²) in [5.74, 6) is 0.737. The largest absolute Gasteiger partial charge is 0.496 e. The van der Waals surface area contributed by atoms with E-state index in [4.69, 9.17) is 4.74 Å². The Balaban J connectivity index is 2.70. The maximum atomic E-state index is 11.3. The molecule has 0 radical (unpaired) electrons. The zero-order chi connectivity index (χ0) is 12.4. The Morgan fingerprint density at radius 2 is 2.06 bits per heavy atom. The molecule has 4 heteroatoms. The van der Waals surface area contributed by atoms with E-state index in [1.54, 1.807) is 13.3 Å². The van der Waals surface area contributed by atoms with Crippen LogP contribution in [0, 0.1) is 13.8 Å². The lowest BCUT2D eigenvalue weighted by Gasteiger charge is -2.11. The lowest BCUT2D eigenvalue weighted by molar-refractivity contribution is 0.416. The van der Waals surface area contributed by atoms with Crippen LogP contribution in [0.4, 0.5) is 0 Å². The number of aromatic nitrogens is 2. The van der Waals surface area contributed by atoms with E-state index in [2.05, 4.69) is 9.97 Å². The van der Waals surface area contributed by atoms with E-state index in [0.717, 1.165) is 28.1 Å². The molecule has 0 amide bonds. The predicted octanol–water partition coefficient (Wildman–Crippen LogP) is 2.06. The van der Waals surface area contributed by atoms with Crippen LogP contribution in [0.15, 0.2) is 29.2 Å². The molecular weight excluding hydrogens is 216 g/mol. The first-order valence-electron chi connectivity index (χ1n) is 5.33. The minimum absolute atomic E-state index is 0.353. The highest BCUT2D eigenvalue weighted by Gasteiger charge is 2.09. The monoisotopic (exact) mass is 230 g/mol. The summed E-state index contributed by atoms with van der Waals surface area (Å²) in [6.07, 6.45) is 1.57. The molecular formula is C13H14N2O2. The van der Waals surface area contributed by atoms with Crippen molar-refractivity contribution >= 4 is 0 Å². The number of aromatic amines is 1. The number of H-pyrrole nitrogens is 1. The number of benzene rings is 1. The molecule has 2 rings (SSSR count). The van der Waals surface area contributed by atoms with E-state index in [1.807, 2.05) is 32.0 Å². The molecule has 17 heavy (non-hydrogen) atoms. The molecule has 0 saturated heterocycles. The molecule has 0 unspecified atom stereocenters. The highest BCUT2D eigenvalue weighted by molar-refractivity contribution is 5.70. The number of aryl methyl sites for hydroxylation is 2. The summed E-state index contributed by atoms with van der Waals surface area (Å²) in [6, 6.07) is 5.84. The fraction of sp³-hybridized carbons (Fsp3) is 0.231. The predicted molar refractivity (Wildman–Crippen MR) is 66.3 cm³/mol. The molecule has 1 aromatic carbocycles. The third kappa shape index (κ3) is 2.20. The fourth-order valence-corrected chi connectivity index (χ4v) is 1.75. The van der Waals surface area contributed by atoms with E-state index >= 15 is 0 Å². The molecule has 0 spiro atoms. The standard InChI is InChI=1S/C13H14N2O2/c1-8-4-5-11(17-3)10(6-8)12-9(2)7-14-13(16)15-12/h4-7H,1-3H3,(H,14,15,16). The summed E-state index contributed by atoms with van der Waals surface area (Å²) in [4.78, 5) is 17.7. The summed E-state index contributed by atoms with van der Waals surface area (Å²) in [6.45, 7) is 3.90. The van der Waals surface area contributed by atoms with Gasteiger partial charge in [0.15, 0.2) is 0 Å². The average molecular weight is 230 g/mol. The normalized spacial score (nSPS) is 10.3. The quantitative estimate of drug-likeness (QED) is 0.859. The second-order valence-corrected chi connectivity index (χ2v) is 3.95. The van der Waals surface area contributed by atoms with Crippen molar-refractivity contribution < 1.29 is 4.74 Å². The van der Waals surface area contributed by atoms with Crippen LogP contribution >= 0.6 is 0 Å². The summed E-state index contributed by atoms with van der Waals surface area (Å²) >= 11 is 0. The molecule has 4 nitrogen and oxygen atoms in total. The van der Waals surface area contributed by atoms with E-state index < -0.39 is 0 Å². The maximum absolute atomic E-state index is 11.3. The first-order valence-corrected chi connectivity index (χ1v) is 5.33. The van der Waals surface area contributed by atoms with Gasteiger partial charge in [-0.2, -0.15) is 0 Å². The Morgan fingerprint density at radius 1 is 1.29 bits per heavy atom. The lowest BCUT2D eigenvalue weighted by atomic mass is 10.0. The third-order valence-corrected chi connectivity index (χ3v) is 2.63. The molecule has 0 aliphatic heterocycles. The molecule has 0 aliphatic rings. The van der Waals surface area contributed by atoms with Crippen LogP contribution in [-0.4, -0.2) is 17.1 Å². The molecule has 2 aromatic rings. The molecule has 1 heterocycles. The van der Waals surface area contributed by atoms with Crippen molar-refractivity contribution in [1.29, 1.82) is 0 Å². The topological polar surface area (TPSA) is 55.0 Å². The van der Waals surface area contributed by atoms with Crippen molar-refractivity contribution in [2.75, 3.05) is 7.11 Å². The van der Waals surface area contributed by atoms with Gasteiger partial charge in [0.2, 0.25) is 0 Å². The SMILES string of the molecule is COc1ccc(C)cc1-c1[nH]c(=O)ncc1C. The number of nitrogens with zero attached hydrogens (tertiary/aromatic N) is 1. The first-order chi connectivity index (χ1) is 8.11. The molecule has 1 aromatic heterocycles. The molecule has 0 bridgehead atoms. The Labute approximate surface area is 99.3 Å². The van der Waals surface area contributed by atoms with Gasteiger partial charge >= 0.3 is 5.69 Å². The summed E-state index contributed by atoms with van der Waals surface area (Å²) in [7, 11) is 1.61. The summed E-state index contributed by atoms with van der Waals surface area (Å²) in [5, 5.41) is 0. The van der Waals surface area contributed by atoms with Gasteiger partial charge in [0.05, 0.1) is 12.8 Å². The molecule has 0 atom stereocenters. The van der Waals surface area contributed by atoms with Crippen molar-refractivity contribution in [1.82, 2.24) is 9.97 Å². The van der Waals surface area contributed by atoms with Crippen LogP contribution in [0.2, 0.25) is 0 Å². The zero-order valence-electron chi connectivity index (χ0n) is 10.1. The zero-order valence-corrected chi connectivity index (χ0v) is 10.1. The molecule has 0 fully saturated rings. The van der Waals surface area contributed by atoms with Gasteiger partial charge < -0.3 is 9.72 Å². The van der Waals surface area contributed by atoms with Crippen LogP contribution in [0.25, 0.3) is 11.3 Å². The van der Waals surface area contributed by atoms with Crippen LogP contribution in [0.3, 0.4) is 0 Å². The first kappa shape index (κ1) is 11.4. The lowest BCUT2D eigenvalue weighted by Crippen LogP contribution is -2.11. The Kier molecular flexibility index (Phi) is 2.95. The number of hydrogen-bond donors (Lipinski definition) is 1. The van der Waals surface area contributed by atoms with Gasteiger partial charge in [-0.3, -0.25) is 0 Å². The minimum Gasteiger partial charge on any atom is -0.496 e. The Bertz CT molecular complexity index is 603. The average Bonchev–Trinajstić information content (AvgIpc) is 2.32. The minimum atomic E-state index is -0.353. The highest BCUT2D eigenvalue weighted by Crippen LogP contribution is 2.30. The number of rotatable bonds is 2. The van der Waals surface area contributed by atoms with Crippen LogP contribution in [0.1, 0.15) is 11.1 Å². The van der Waals surface area contributed by atoms with Crippen molar-refractivity contribution in [3.63, 3.8) is 0 Å². The maximum Gasteiger partial charge on any atom is 0.345 e. The van der Waals surface area contributed by atoms with Gasteiger partial charge in [0.25, 0.3) is 0 Å². The van der Waals surface area contributed by atoms with E-state index in [-0.39, 0.29) is 5.69 Å². The Morgan fingerprint density at radius 3 is 2.76 bits per heavy atom. The van der Waals surface area contributed by atoms with E-state index in [1.165, 1.54) is 0 Å². The number of nitrogens with one attached hydrogen (secondary N) is 1. The molecule has 1 N–H and O–H groups in total. The van der Waals surface area contributed by atoms with E-state index in [0.29, 0.717) is 0 Å². The van der Waals surface area contributed by atoms with Crippen molar-refractivity contribution in [3.8, 4) is 17.0 Å². The summed E-state index contributed by atoms with van der Waals surface area (Å²) < 4.78 is 5.31. The molecule has 88 valence electrons. The van der Waals surface area contributed by atoms with Crippen molar-refractivity contribution in [2.24, 2.45) is 0 Å². The molecule has 0 saturated carbocycles. The number of ether oxygens (including phenoxy) is 1. The van der Waals surface area contributed by atoms with Crippen molar-refractivity contribution in [2.45, 2.75) is 13.8 Å². The highest BCUT2D eigenvalue weighted by atomic mass is 16.5. The summed E-state index contributed by atoms with van der Waals surface area (Å²) in [5.41, 5.74) is 3.30. The van der Waals surface area contributed by atoms with Gasteiger partial charge in [-0.15, -0.1) is 0 Å². The van der Waals surface area contributed by atoms with Gasteiger partial charge in [0.1, 0.15) is 5.75 Å². The van der Waals surface area contributed by atoms with Crippen LogP contribution in [0.5, 0.6) is 5.75 Å². The van der Waals surface area contributed by atoms with Gasteiger partial charge in [-0.1, -0.05) is 11.6 Å². The number of hydrogen-bond acceptors (Lipinski definition) is 3. The van der Waals surface area contributed by atoms with Gasteiger partial charge in [-0.25, -0.2) is 9.78 Å². The van der Waals surface area contributed by atoms with E-state index in [9.17, 15) is 4.79 Å². The Hall–Kier alpha value is -2.10. The second-order valence-electron chi connectivity index (χ2n) is 3.95. The fourth-order valence-electron chi connectivity index (χ4n) is 1.75. The van der Waals surface area contributed by atoms with Crippen LogP contribution in [-0.2, 0) is 0 Å². The second kappa shape index (κ2) is 4.41.